The number of piperidine rings is 1. The Hall–Kier alpha value is -0.470. The largest absolute Gasteiger partial charge is 0.303 e. The predicted octanol–water partition coefficient (Wildman–Crippen LogP) is 0.796. The fraction of sp³-hybridized carbons (Fsp3) is 0.667. The molecule has 0 aromatic carbocycles. The lowest BCUT2D eigenvalue weighted by Crippen LogP contribution is -2.42. The third-order valence-electron chi connectivity index (χ3n) is 3.43. The van der Waals surface area contributed by atoms with E-state index in [4.69, 9.17) is 5.14 Å². The van der Waals surface area contributed by atoms with Crippen molar-refractivity contribution in [1.29, 1.82) is 0 Å². The van der Waals surface area contributed by atoms with Crippen LogP contribution in [0.2, 0.25) is 0 Å². The van der Waals surface area contributed by atoms with Crippen LogP contribution in [0.1, 0.15) is 17.7 Å². The van der Waals surface area contributed by atoms with E-state index in [2.05, 4.69) is 27.1 Å². The molecule has 0 saturated carbocycles. The molecule has 1 fully saturated rings. The van der Waals surface area contributed by atoms with Gasteiger partial charge in [-0.25, -0.2) is 9.86 Å². The van der Waals surface area contributed by atoms with Crippen LogP contribution >= 0.6 is 11.3 Å². The topological polar surface area (TPSA) is 75.4 Å². The molecule has 0 bridgehead atoms. The molecule has 1 aliphatic rings. The third kappa shape index (κ3) is 5.58. The van der Waals surface area contributed by atoms with Crippen molar-refractivity contribution in [2.45, 2.75) is 19.3 Å². The number of hydrogen-bond donors (Lipinski definition) is 2. The quantitative estimate of drug-likeness (QED) is 0.816. The Kier molecular flexibility index (Phi) is 5.35. The van der Waals surface area contributed by atoms with Gasteiger partial charge in [-0.05, 0) is 43.2 Å². The van der Waals surface area contributed by atoms with Crippen molar-refractivity contribution in [2.24, 2.45) is 11.1 Å². The van der Waals surface area contributed by atoms with Gasteiger partial charge in [0.2, 0.25) is 0 Å². The Morgan fingerprint density at radius 3 is 3.05 bits per heavy atom. The van der Waals surface area contributed by atoms with E-state index < -0.39 is 10.2 Å². The highest BCUT2D eigenvalue weighted by Crippen LogP contribution is 2.17. The Morgan fingerprint density at radius 1 is 1.53 bits per heavy atom. The monoisotopic (exact) mass is 303 g/mol. The second-order valence-electron chi connectivity index (χ2n) is 5.03. The van der Waals surface area contributed by atoms with Crippen molar-refractivity contribution in [3.63, 3.8) is 0 Å². The number of thiophene rings is 1. The van der Waals surface area contributed by atoms with Gasteiger partial charge in [-0.15, -0.1) is 11.3 Å². The van der Waals surface area contributed by atoms with Crippen LogP contribution in [-0.4, -0.2) is 39.5 Å². The highest BCUT2D eigenvalue weighted by atomic mass is 32.2. The molecule has 2 rings (SSSR count). The summed E-state index contributed by atoms with van der Waals surface area (Å²) in [6.07, 6.45) is 3.27. The first-order chi connectivity index (χ1) is 9.03. The minimum atomic E-state index is -3.56. The molecule has 1 aromatic rings. The Bertz CT molecular complexity index is 473. The lowest BCUT2D eigenvalue weighted by atomic mass is 9.98. The van der Waals surface area contributed by atoms with Crippen LogP contribution in [0.4, 0.5) is 0 Å². The van der Waals surface area contributed by atoms with Crippen molar-refractivity contribution >= 4 is 21.5 Å². The summed E-state index contributed by atoms with van der Waals surface area (Å²) in [6, 6.07) is 4.24. The summed E-state index contributed by atoms with van der Waals surface area (Å²) < 4.78 is 24.2. The molecule has 1 aromatic heterocycles. The zero-order valence-electron chi connectivity index (χ0n) is 10.9. The Morgan fingerprint density at radius 2 is 2.37 bits per heavy atom. The number of likely N-dealkylation sites (tertiary alicyclic amines) is 1. The first-order valence-electron chi connectivity index (χ1n) is 6.55. The number of nitrogens with zero attached hydrogens (tertiary/aromatic N) is 1. The lowest BCUT2D eigenvalue weighted by Gasteiger charge is -2.32. The molecule has 2 heterocycles. The zero-order valence-corrected chi connectivity index (χ0v) is 12.5. The van der Waals surface area contributed by atoms with Crippen molar-refractivity contribution in [3.05, 3.63) is 22.4 Å². The van der Waals surface area contributed by atoms with Gasteiger partial charge in [0, 0.05) is 24.5 Å². The van der Waals surface area contributed by atoms with E-state index in [0.29, 0.717) is 12.5 Å². The maximum atomic E-state index is 10.9. The Labute approximate surface area is 119 Å². The van der Waals surface area contributed by atoms with Crippen LogP contribution in [0.5, 0.6) is 0 Å². The summed E-state index contributed by atoms with van der Waals surface area (Å²) in [4.78, 5) is 3.82. The molecule has 0 spiro atoms. The number of hydrogen-bond acceptors (Lipinski definition) is 4. The van der Waals surface area contributed by atoms with Gasteiger partial charge >= 0.3 is 0 Å². The first-order valence-corrected chi connectivity index (χ1v) is 8.97. The van der Waals surface area contributed by atoms with Crippen LogP contribution < -0.4 is 9.86 Å². The smallest absolute Gasteiger partial charge is 0.274 e. The standard InChI is InChI=1S/C12H21N3O2S2/c13-19(16,17)14-9-11-3-1-6-15(10-11)7-5-12-4-2-8-18-12/h2,4,8,11,14H,1,3,5-7,9-10H2,(H2,13,16,17). The zero-order chi connectivity index (χ0) is 13.7. The van der Waals surface area contributed by atoms with Crippen molar-refractivity contribution < 1.29 is 8.42 Å². The van der Waals surface area contributed by atoms with E-state index in [0.717, 1.165) is 38.9 Å². The molecule has 7 heteroatoms. The maximum Gasteiger partial charge on any atom is 0.274 e. The average Bonchev–Trinajstić information content (AvgIpc) is 2.87. The summed E-state index contributed by atoms with van der Waals surface area (Å²) in [6.45, 7) is 3.56. The maximum absolute atomic E-state index is 10.9. The first kappa shape index (κ1) is 14.9. The van der Waals surface area contributed by atoms with Gasteiger partial charge in [0.25, 0.3) is 10.2 Å². The molecule has 1 saturated heterocycles. The SMILES string of the molecule is NS(=O)(=O)NCC1CCCN(CCc2cccs2)C1. The van der Waals surface area contributed by atoms with E-state index in [1.165, 1.54) is 4.88 Å². The lowest BCUT2D eigenvalue weighted by molar-refractivity contribution is 0.178. The second-order valence-corrected chi connectivity index (χ2v) is 7.44. The van der Waals surface area contributed by atoms with E-state index in [9.17, 15) is 8.42 Å². The van der Waals surface area contributed by atoms with Gasteiger partial charge in [0.05, 0.1) is 0 Å². The summed E-state index contributed by atoms with van der Waals surface area (Å²) in [5.41, 5.74) is 0. The van der Waals surface area contributed by atoms with Crippen LogP contribution in [0.3, 0.4) is 0 Å². The van der Waals surface area contributed by atoms with Crippen LogP contribution in [0.25, 0.3) is 0 Å². The van der Waals surface area contributed by atoms with Crippen molar-refractivity contribution in [2.75, 3.05) is 26.2 Å². The molecule has 19 heavy (non-hydrogen) atoms. The van der Waals surface area contributed by atoms with Crippen LogP contribution in [0.15, 0.2) is 17.5 Å². The normalized spacial score (nSPS) is 21.6. The molecule has 3 N–H and O–H groups in total. The fourth-order valence-electron chi connectivity index (χ4n) is 2.48. The molecule has 108 valence electrons. The van der Waals surface area contributed by atoms with E-state index >= 15 is 0 Å². The van der Waals surface area contributed by atoms with Crippen molar-refractivity contribution in [1.82, 2.24) is 9.62 Å². The van der Waals surface area contributed by atoms with Gasteiger partial charge in [-0.1, -0.05) is 6.07 Å². The number of rotatable bonds is 6. The molecule has 0 radical (unpaired) electrons. The van der Waals surface area contributed by atoms with E-state index in [-0.39, 0.29) is 0 Å². The second kappa shape index (κ2) is 6.81. The number of nitrogens with one attached hydrogen (secondary N) is 1. The predicted molar refractivity (Wildman–Crippen MR) is 78.3 cm³/mol. The molecule has 0 aliphatic carbocycles. The van der Waals surface area contributed by atoms with Gasteiger partial charge in [-0.3, -0.25) is 0 Å². The summed E-state index contributed by atoms with van der Waals surface area (Å²) in [5.74, 6) is 0.371. The van der Waals surface area contributed by atoms with E-state index in [1.807, 2.05) is 0 Å². The molecule has 1 unspecified atom stereocenters. The third-order valence-corrected chi connectivity index (χ3v) is 4.94. The Balaban J connectivity index is 1.74. The number of nitrogens with two attached hydrogens (primary N) is 1. The minimum Gasteiger partial charge on any atom is -0.303 e. The molecule has 0 amide bonds. The molecular weight excluding hydrogens is 282 g/mol. The van der Waals surface area contributed by atoms with Gasteiger partial charge in [0.1, 0.15) is 0 Å². The average molecular weight is 303 g/mol. The molecular formula is C12H21N3O2S2. The van der Waals surface area contributed by atoms with Crippen LogP contribution in [0, 0.1) is 5.92 Å². The molecule has 1 aliphatic heterocycles. The molecule has 1 atom stereocenters. The van der Waals surface area contributed by atoms with Crippen LogP contribution in [-0.2, 0) is 16.6 Å². The summed E-state index contributed by atoms with van der Waals surface area (Å²) in [7, 11) is -3.56. The highest BCUT2D eigenvalue weighted by molar-refractivity contribution is 7.87. The minimum absolute atomic E-state index is 0.371. The van der Waals surface area contributed by atoms with Gasteiger partial charge in [-0.2, -0.15) is 8.42 Å². The van der Waals surface area contributed by atoms with Gasteiger partial charge < -0.3 is 4.90 Å². The molecule has 5 nitrogen and oxygen atoms in total. The fourth-order valence-corrected chi connectivity index (χ4v) is 3.64. The summed E-state index contributed by atoms with van der Waals surface area (Å²) >= 11 is 1.79. The van der Waals surface area contributed by atoms with E-state index in [1.54, 1.807) is 11.3 Å². The summed E-state index contributed by atoms with van der Waals surface area (Å²) in [5, 5.41) is 7.06. The van der Waals surface area contributed by atoms with Crippen molar-refractivity contribution in [3.8, 4) is 0 Å². The van der Waals surface area contributed by atoms with Gasteiger partial charge in [0.15, 0.2) is 0 Å². The highest BCUT2D eigenvalue weighted by Gasteiger charge is 2.20.